The minimum atomic E-state index is 0.157. The van der Waals surface area contributed by atoms with Crippen molar-refractivity contribution in [2.45, 2.75) is 32.2 Å². The van der Waals surface area contributed by atoms with Crippen LogP contribution in [-0.2, 0) is 6.42 Å². The van der Waals surface area contributed by atoms with Crippen LogP contribution in [-0.4, -0.2) is 11.0 Å². The van der Waals surface area contributed by atoms with Crippen molar-refractivity contribution in [3.05, 3.63) is 221 Å². The lowest BCUT2D eigenvalue weighted by atomic mass is 9.80. The Morgan fingerprint density at radius 1 is 0.695 bits per heavy atom. The molecule has 0 radical (unpaired) electrons. The number of aromatic nitrogens is 1. The van der Waals surface area contributed by atoms with Crippen molar-refractivity contribution in [1.29, 1.82) is 0 Å². The van der Waals surface area contributed by atoms with Gasteiger partial charge in [0.05, 0.1) is 17.4 Å². The van der Waals surface area contributed by atoms with Gasteiger partial charge in [0, 0.05) is 23.2 Å². The van der Waals surface area contributed by atoms with E-state index in [0.29, 0.717) is 5.70 Å². The zero-order valence-electron chi connectivity index (χ0n) is 33.1. The minimum absolute atomic E-state index is 0.157. The lowest BCUT2D eigenvalue weighted by Gasteiger charge is -2.30. The second kappa shape index (κ2) is 14.3. The van der Waals surface area contributed by atoms with Gasteiger partial charge in [0.15, 0.2) is 0 Å². The molecule has 3 nitrogen and oxygen atoms in total. The third kappa shape index (κ3) is 5.84. The number of pyridine rings is 1. The SMILES string of the molecule is CC1=C(/C=C(\N)c2ccccn2)C2=CC(c3ccc4c(-c5cccc6c5CCC=C6)c5ccccc5c(-c5cccc6ccccc56)c4c3)=CCC2N1c1ccccc1. The molecule has 1 unspecified atom stereocenters. The van der Waals surface area contributed by atoms with Crippen LogP contribution >= 0.6 is 0 Å². The molecular weight excluding hydrogens is 715 g/mol. The fourth-order valence-electron chi connectivity index (χ4n) is 9.97. The summed E-state index contributed by atoms with van der Waals surface area (Å²) in [5.41, 5.74) is 23.4. The summed E-state index contributed by atoms with van der Waals surface area (Å²) in [4.78, 5) is 7.06. The highest BCUT2D eigenvalue weighted by Gasteiger charge is 2.36. The number of allylic oxidation sites excluding steroid dienone is 5. The van der Waals surface area contributed by atoms with Crippen LogP contribution in [0.2, 0.25) is 0 Å². The average molecular weight is 758 g/mol. The minimum Gasteiger partial charge on any atom is -0.397 e. The first-order valence-corrected chi connectivity index (χ1v) is 20.7. The topological polar surface area (TPSA) is 42.1 Å². The molecule has 0 amide bonds. The van der Waals surface area contributed by atoms with Crippen LogP contribution in [0.1, 0.15) is 42.1 Å². The predicted octanol–water partition coefficient (Wildman–Crippen LogP) is 13.7. The summed E-state index contributed by atoms with van der Waals surface area (Å²) in [5, 5.41) is 7.61. The van der Waals surface area contributed by atoms with Crippen molar-refractivity contribution in [1.82, 2.24) is 4.98 Å². The van der Waals surface area contributed by atoms with E-state index < -0.39 is 0 Å². The molecule has 0 saturated carbocycles. The summed E-state index contributed by atoms with van der Waals surface area (Å²) in [6.07, 6.45) is 16.4. The first-order valence-electron chi connectivity index (χ1n) is 20.7. The van der Waals surface area contributed by atoms with Crippen LogP contribution in [0.4, 0.5) is 5.69 Å². The van der Waals surface area contributed by atoms with Crippen LogP contribution in [0.15, 0.2) is 199 Å². The molecule has 59 heavy (non-hydrogen) atoms. The number of para-hydroxylation sites is 1. The van der Waals surface area contributed by atoms with Gasteiger partial charge in [-0.05, 0) is 151 Å². The van der Waals surface area contributed by atoms with Crippen molar-refractivity contribution in [2.75, 3.05) is 4.90 Å². The van der Waals surface area contributed by atoms with Gasteiger partial charge in [-0.1, -0.05) is 140 Å². The molecule has 2 aliphatic carbocycles. The normalized spacial score (nSPS) is 16.4. The van der Waals surface area contributed by atoms with Gasteiger partial charge in [-0.3, -0.25) is 4.98 Å². The quantitative estimate of drug-likeness (QED) is 0.172. The van der Waals surface area contributed by atoms with Crippen LogP contribution < -0.4 is 10.6 Å². The Labute approximate surface area is 345 Å². The van der Waals surface area contributed by atoms with E-state index in [4.69, 9.17) is 5.73 Å². The molecule has 282 valence electrons. The fourth-order valence-corrected chi connectivity index (χ4v) is 9.97. The standard InChI is InChI=1S/C56H43N3/c1-36-49(35-52(57)53-27-11-12-32-58-53)50-33-40(29-31-54(50)59(36)41-19-3-2-4-20-41)39-28-30-48-51(34-39)56(45-26-14-18-38-16-6-8-22-43(38)45)47-24-10-9-23-46(47)55(48)44-25-13-17-37-15-5-7-21-42(37)44/h2-6,8-20,22-30,32-35,54H,7,21,31,57H2,1H3/b52-35-. The fraction of sp³-hybridized carbons (Fsp3) is 0.0893. The smallest absolute Gasteiger partial charge is 0.0859 e. The highest BCUT2D eigenvalue weighted by Crippen LogP contribution is 2.49. The maximum absolute atomic E-state index is 6.81. The Bertz CT molecular complexity index is 3140. The maximum atomic E-state index is 6.81. The molecule has 11 rings (SSSR count). The van der Waals surface area contributed by atoms with E-state index in [1.165, 1.54) is 93.8 Å². The number of nitrogens with zero attached hydrogens (tertiary/aromatic N) is 2. The van der Waals surface area contributed by atoms with E-state index in [0.717, 1.165) is 30.5 Å². The van der Waals surface area contributed by atoms with Gasteiger partial charge in [-0.15, -0.1) is 0 Å². The van der Waals surface area contributed by atoms with Gasteiger partial charge in [0.2, 0.25) is 0 Å². The molecule has 2 heterocycles. The summed E-state index contributed by atoms with van der Waals surface area (Å²) < 4.78 is 0. The lowest BCUT2D eigenvalue weighted by molar-refractivity contribution is 0.762. The highest BCUT2D eigenvalue weighted by atomic mass is 15.2. The zero-order valence-corrected chi connectivity index (χ0v) is 33.1. The number of nitrogens with two attached hydrogens (primary N) is 1. The van der Waals surface area contributed by atoms with Gasteiger partial charge in [0.1, 0.15) is 0 Å². The summed E-state index contributed by atoms with van der Waals surface area (Å²) in [6, 6.07) is 55.5. The van der Waals surface area contributed by atoms with E-state index in [-0.39, 0.29) is 6.04 Å². The van der Waals surface area contributed by atoms with Gasteiger partial charge in [-0.25, -0.2) is 0 Å². The Balaban J connectivity index is 1.15. The van der Waals surface area contributed by atoms with E-state index in [1.54, 1.807) is 6.20 Å². The predicted molar refractivity (Wildman–Crippen MR) is 250 cm³/mol. The van der Waals surface area contributed by atoms with Crippen molar-refractivity contribution in [3.8, 4) is 22.3 Å². The van der Waals surface area contributed by atoms with Crippen molar-refractivity contribution in [3.63, 3.8) is 0 Å². The van der Waals surface area contributed by atoms with E-state index >= 15 is 0 Å². The second-order valence-electron chi connectivity index (χ2n) is 15.9. The lowest BCUT2D eigenvalue weighted by Crippen LogP contribution is -2.30. The zero-order chi connectivity index (χ0) is 39.5. The molecule has 1 aromatic heterocycles. The first kappa shape index (κ1) is 35.0. The van der Waals surface area contributed by atoms with Gasteiger partial charge in [0.25, 0.3) is 0 Å². The van der Waals surface area contributed by atoms with Crippen LogP contribution in [0.25, 0.3) is 71.9 Å². The van der Waals surface area contributed by atoms with Crippen molar-refractivity contribution >= 4 is 55.4 Å². The first-order chi connectivity index (χ1) is 29.1. The Morgan fingerprint density at radius 3 is 2.24 bits per heavy atom. The number of rotatable bonds is 6. The molecule has 1 aliphatic heterocycles. The molecule has 0 spiro atoms. The summed E-state index contributed by atoms with van der Waals surface area (Å²) >= 11 is 0. The number of benzene rings is 7. The maximum Gasteiger partial charge on any atom is 0.0859 e. The largest absolute Gasteiger partial charge is 0.397 e. The highest BCUT2D eigenvalue weighted by molar-refractivity contribution is 6.24. The molecule has 0 fully saturated rings. The van der Waals surface area contributed by atoms with Crippen LogP contribution in [0.5, 0.6) is 0 Å². The van der Waals surface area contributed by atoms with Crippen molar-refractivity contribution < 1.29 is 0 Å². The van der Waals surface area contributed by atoms with E-state index in [9.17, 15) is 0 Å². The Hall–Kier alpha value is -7.23. The van der Waals surface area contributed by atoms with Gasteiger partial charge in [-0.2, -0.15) is 0 Å². The number of fused-ring (bicyclic) bond motifs is 5. The molecule has 3 heteroatoms. The van der Waals surface area contributed by atoms with Crippen LogP contribution in [0.3, 0.4) is 0 Å². The van der Waals surface area contributed by atoms with E-state index in [1.807, 2.05) is 18.2 Å². The third-order valence-electron chi connectivity index (χ3n) is 12.7. The molecule has 2 N–H and O–H groups in total. The summed E-state index contributed by atoms with van der Waals surface area (Å²) in [5.74, 6) is 0. The molecule has 1 atom stereocenters. The number of hydrogen-bond donors (Lipinski definition) is 1. The third-order valence-corrected chi connectivity index (χ3v) is 12.7. The Kier molecular flexibility index (Phi) is 8.48. The molecule has 8 aromatic rings. The Morgan fingerprint density at radius 2 is 1.41 bits per heavy atom. The average Bonchev–Trinajstić information content (AvgIpc) is 3.57. The van der Waals surface area contributed by atoms with Gasteiger partial charge < -0.3 is 10.6 Å². The second-order valence-corrected chi connectivity index (χ2v) is 15.9. The number of hydrogen-bond acceptors (Lipinski definition) is 3. The molecule has 0 saturated heterocycles. The summed E-state index contributed by atoms with van der Waals surface area (Å²) in [7, 11) is 0. The molecule has 0 bridgehead atoms. The van der Waals surface area contributed by atoms with Gasteiger partial charge >= 0.3 is 0 Å². The summed E-state index contributed by atoms with van der Waals surface area (Å²) in [6.45, 7) is 2.22. The molecule has 7 aromatic carbocycles. The monoisotopic (exact) mass is 757 g/mol. The molecular formula is C56H43N3. The van der Waals surface area contributed by atoms with Crippen molar-refractivity contribution in [2.24, 2.45) is 5.73 Å². The number of anilines is 1. The van der Waals surface area contributed by atoms with E-state index in [2.05, 4.69) is 181 Å². The van der Waals surface area contributed by atoms with Crippen LogP contribution in [0, 0.1) is 0 Å². The molecule has 3 aliphatic rings.